The minimum atomic E-state index is -2.81. The Bertz CT molecular complexity index is 1550. The summed E-state index contributed by atoms with van der Waals surface area (Å²) in [6, 6.07) is 8.23. The van der Waals surface area contributed by atoms with Crippen LogP contribution >= 0.6 is 22.7 Å². The summed E-state index contributed by atoms with van der Waals surface area (Å²) in [5.74, 6) is -1.39. The van der Waals surface area contributed by atoms with Crippen molar-refractivity contribution in [1.82, 2.24) is 24.5 Å². The summed E-state index contributed by atoms with van der Waals surface area (Å²) in [6.07, 6.45) is 2.19. The molecule has 0 bridgehead atoms. The molecule has 9 nitrogen and oxygen atoms in total. The van der Waals surface area contributed by atoms with Gasteiger partial charge in [-0.3, -0.25) is 19.0 Å². The van der Waals surface area contributed by atoms with Gasteiger partial charge in [-0.05, 0) is 37.3 Å². The third-order valence-corrected chi connectivity index (χ3v) is 7.23. The minimum Gasteiger partial charge on any atom is -0.365 e. The summed E-state index contributed by atoms with van der Waals surface area (Å²) in [5, 5.41) is 11.4. The molecule has 5 aromatic rings. The van der Waals surface area contributed by atoms with E-state index in [0.717, 1.165) is 16.2 Å². The predicted molar refractivity (Wildman–Crippen MR) is 129 cm³/mol. The fourth-order valence-corrected chi connectivity index (χ4v) is 5.47. The smallest absolute Gasteiger partial charge is 0.280 e. The average molecular weight is 514 g/mol. The number of rotatable bonds is 7. The Morgan fingerprint density at radius 2 is 2.00 bits per heavy atom. The highest BCUT2D eigenvalue weighted by atomic mass is 32.1. The molecule has 5 heterocycles. The molecular weight excluding hydrogens is 496 g/mol. The van der Waals surface area contributed by atoms with Crippen LogP contribution in [-0.4, -0.2) is 36.4 Å². The highest BCUT2D eigenvalue weighted by Crippen LogP contribution is 2.44. The fraction of sp³-hybridized carbons (Fsp3) is 0.136. The van der Waals surface area contributed by atoms with Crippen LogP contribution in [0.3, 0.4) is 0 Å². The molecule has 5 aromatic heterocycles. The van der Waals surface area contributed by atoms with Crippen molar-refractivity contribution in [3.05, 3.63) is 70.1 Å². The number of primary amides is 1. The molecule has 0 unspecified atom stereocenters. The number of nitrogens with two attached hydrogens (primary N) is 1. The molecule has 3 N–H and O–H groups in total. The van der Waals surface area contributed by atoms with Gasteiger partial charge in [-0.2, -0.15) is 10.2 Å². The van der Waals surface area contributed by atoms with Gasteiger partial charge < -0.3 is 11.1 Å². The summed E-state index contributed by atoms with van der Waals surface area (Å²) < 4.78 is 30.4. The monoisotopic (exact) mass is 513 g/mol. The number of amides is 2. The summed E-state index contributed by atoms with van der Waals surface area (Å²) in [5.41, 5.74) is 5.81. The van der Waals surface area contributed by atoms with Gasteiger partial charge in [0, 0.05) is 39.3 Å². The van der Waals surface area contributed by atoms with Crippen LogP contribution in [0.25, 0.3) is 20.7 Å². The standard InChI is InChI=1S/C22H17F2N7O2S2/c1-11-3-4-15(34-11)12-9-14(19(23)24)27-22-16(12)17(18(35-22)20(25)32)28-21(33)13-5-8-31(29-13)10-30-7-2-6-26-30/h2-9,19H,10H2,1H3,(H2,25,32)(H,28,33). The third-order valence-electron chi connectivity index (χ3n) is 5.10. The predicted octanol–water partition coefficient (Wildman–Crippen LogP) is 4.52. The maximum Gasteiger partial charge on any atom is 0.280 e. The number of anilines is 1. The van der Waals surface area contributed by atoms with E-state index in [1.165, 1.54) is 28.2 Å². The second-order valence-corrected chi connectivity index (χ2v) is 9.82. The minimum absolute atomic E-state index is 0.0118. The fourth-order valence-electron chi connectivity index (χ4n) is 3.57. The molecule has 0 aromatic carbocycles. The molecule has 0 atom stereocenters. The zero-order chi connectivity index (χ0) is 24.7. The number of nitrogens with zero attached hydrogens (tertiary/aromatic N) is 5. The van der Waals surface area contributed by atoms with Gasteiger partial charge in [-0.15, -0.1) is 22.7 Å². The van der Waals surface area contributed by atoms with Gasteiger partial charge in [0.2, 0.25) is 0 Å². The molecule has 0 aliphatic rings. The number of nitrogens with one attached hydrogen (secondary N) is 1. The zero-order valence-electron chi connectivity index (χ0n) is 18.1. The second kappa shape index (κ2) is 9.00. The molecule has 35 heavy (non-hydrogen) atoms. The van der Waals surface area contributed by atoms with Crippen LogP contribution in [0.4, 0.5) is 14.5 Å². The number of thiophene rings is 2. The molecule has 0 fully saturated rings. The molecule has 0 radical (unpaired) electrons. The van der Waals surface area contributed by atoms with E-state index in [-0.39, 0.29) is 21.1 Å². The maximum absolute atomic E-state index is 13.6. The van der Waals surface area contributed by atoms with Gasteiger partial charge in [0.25, 0.3) is 18.2 Å². The summed E-state index contributed by atoms with van der Waals surface area (Å²) in [6.45, 7) is 2.20. The molecule has 5 rings (SSSR count). The van der Waals surface area contributed by atoms with Crippen LogP contribution in [0.1, 0.15) is 37.2 Å². The lowest BCUT2D eigenvalue weighted by atomic mass is 10.1. The Hall–Kier alpha value is -3.97. The summed E-state index contributed by atoms with van der Waals surface area (Å²) in [7, 11) is 0. The molecule has 178 valence electrons. The van der Waals surface area contributed by atoms with Gasteiger partial charge in [-0.25, -0.2) is 13.8 Å². The quantitative estimate of drug-likeness (QED) is 0.331. The van der Waals surface area contributed by atoms with Crippen molar-refractivity contribution in [3.8, 4) is 10.4 Å². The van der Waals surface area contributed by atoms with Gasteiger partial charge in [0.1, 0.15) is 22.1 Å². The number of pyridine rings is 1. The molecule has 0 saturated heterocycles. The molecule has 0 spiro atoms. The molecule has 0 aliphatic heterocycles. The number of aryl methyl sites for hydroxylation is 1. The first-order valence-corrected chi connectivity index (χ1v) is 11.9. The number of aromatic nitrogens is 5. The topological polar surface area (TPSA) is 121 Å². The SMILES string of the molecule is Cc1ccc(-c2cc(C(F)F)nc3sc(C(N)=O)c(NC(=O)c4ccn(Cn5cccn5)n4)c23)s1. The Balaban J connectivity index is 1.58. The second-order valence-electron chi connectivity index (χ2n) is 7.54. The van der Waals surface area contributed by atoms with E-state index >= 15 is 0 Å². The Labute approximate surface area is 204 Å². The lowest BCUT2D eigenvalue weighted by molar-refractivity contribution is 0.100. The maximum atomic E-state index is 13.6. The van der Waals surface area contributed by atoms with Crippen molar-refractivity contribution in [2.75, 3.05) is 5.32 Å². The largest absolute Gasteiger partial charge is 0.365 e. The van der Waals surface area contributed by atoms with Crippen LogP contribution in [0.5, 0.6) is 0 Å². The first kappa shape index (κ1) is 22.8. The van der Waals surface area contributed by atoms with Crippen LogP contribution in [0.2, 0.25) is 0 Å². The van der Waals surface area contributed by atoms with E-state index in [4.69, 9.17) is 5.73 Å². The lowest BCUT2D eigenvalue weighted by Crippen LogP contribution is -2.18. The van der Waals surface area contributed by atoms with E-state index < -0.39 is 23.9 Å². The Morgan fingerprint density at radius 3 is 2.66 bits per heavy atom. The number of hydrogen-bond donors (Lipinski definition) is 2. The number of alkyl halides is 2. The van der Waals surface area contributed by atoms with E-state index in [2.05, 4.69) is 20.5 Å². The Morgan fingerprint density at radius 1 is 1.17 bits per heavy atom. The summed E-state index contributed by atoms with van der Waals surface area (Å²) >= 11 is 2.26. The van der Waals surface area contributed by atoms with Crippen molar-refractivity contribution in [2.45, 2.75) is 20.0 Å². The molecule has 2 amide bonds. The van der Waals surface area contributed by atoms with Crippen LogP contribution in [0.15, 0.2) is 48.9 Å². The number of hydrogen-bond acceptors (Lipinski definition) is 7. The first-order valence-electron chi connectivity index (χ1n) is 10.2. The molecule has 0 saturated carbocycles. The van der Waals surface area contributed by atoms with E-state index in [1.54, 1.807) is 35.4 Å². The normalized spacial score (nSPS) is 11.4. The van der Waals surface area contributed by atoms with Crippen LogP contribution < -0.4 is 11.1 Å². The molecular formula is C22H17F2N7O2S2. The third kappa shape index (κ3) is 4.42. The number of carbonyl (C=O) groups is 2. The lowest BCUT2D eigenvalue weighted by Gasteiger charge is -2.09. The van der Waals surface area contributed by atoms with Crippen LogP contribution in [0, 0.1) is 6.92 Å². The highest BCUT2D eigenvalue weighted by molar-refractivity contribution is 7.21. The first-order chi connectivity index (χ1) is 16.8. The number of carbonyl (C=O) groups excluding carboxylic acids is 2. The van der Waals surface area contributed by atoms with E-state index in [0.29, 0.717) is 22.5 Å². The van der Waals surface area contributed by atoms with Crippen molar-refractivity contribution < 1.29 is 18.4 Å². The van der Waals surface area contributed by atoms with Gasteiger partial charge in [0.05, 0.1) is 5.69 Å². The van der Waals surface area contributed by atoms with E-state index in [1.807, 2.05) is 13.0 Å². The van der Waals surface area contributed by atoms with Crippen molar-refractivity contribution in [3.63, 3.8) is 0 Å². The zero-order valence-corrected chi connectivity index (χ0v) is 19.7. The Kier molecular flexibility index (Phi) is 5.86. The number of fused-ring (bicyclic) bond motifs is 1. The van der Waals surface area contributed by atoms with Gasteiger partial charge in [0.15, 0.2) is 5.69 Å². The number of halogens is 2. The van der Waals surface area contributed by atoms with Gasteiger partial charge in [-0.1, -0.05) is 0 Å². The molecule has 13 heteroatoms. The average Bonchev–Trinajstić information content (AvgIpc) is 3.61. The van der Waals surface area contributed by atoms with Crippen molar-refractivity contribution in [2.24, 2.45) is 5.73 Å². The van der Waals surface area contributed by atoms with Crippen molar-refractivity contribution >= 4 is 50.4 Å². The van der Waals surface area contributed by atoms with Crippen LogP contribution in [-0.2, 0) is 6.67 Å². The van der Waals surface area contributed by atoms with Crippen molar-refractivity contribution in [1.29, 1.82) is 0 Å². The van der Waals surface area contributed by atoms with E-state index in [9.17, 15) is 18.4 Å². The van der Waals surface area contributed by atoms with Gasteiger partial charge >= 0.3 is 0 Å². The highest BCUT2D eigenvalue weighted by Gasteiger charge is 2.26. The summed E-state index contributed by atoms with van der Waals surface area (Å²) in [4.78, 5) is 31.2. The molecule has 0 aliphatic carbocycles.